The zero-order chi connectivity index (χ0) is 20.0. The van der Waals surface area contributed by atoms with E-state index >= 15 is 8.78 Å². The minimum absolute atomic E-state index is 0.166. The van der Waals surface area contributed by atoms with Crippen LogP contribution in [0.2, 0.25) is 0 Å². The van der Waals surface area contributed by atoms with Gasteiger partial charge in [0.15, 0.2) is 0 Å². The standard InChI is InChI=1S/C19H29F2N3O2S/c1-12(2)14-23-13(10-27-14)15(25)24-11-18(6-8-22-9-7-18)26-19(20,21)16(24)17(3,4)5/h10,12,16,22H,6-9,11H2,1-5H3. The minimum Gasteiger partial charge on any atom is -0.322 e. The van der Waals surface area contributed by atoms with Crippen LogP contribution in [0.15, 0.2) is 5.38 Å². The Balaban J connectivity index is 1.99. The van der Waals surface area contributed by atoms with E-state index in [2.05, 4.69) is 10.3 Å². The van der Waals surface area contributed by atoms with Crippen LogP contribution in [0.3, 0.4) is 0 Å². The van der Waals surface area contributed by atoms with Crippen molar-refractivity contribution in [3.8, 4) is 0 Å². The summed E-state index contributed by atoms with van der Waals surface area (Å²) in [6, 6.07) is -1.35. The van der Waals surface area contributed by atoms with Crippen LogP contribution in [0.25, 0.3) is 0 Å². The molecular weight excluding hydrogens is 372 g/mol. The molecule has 27 heavy (non-hydrogen) atoms. The zero-order valence-corrected chi connectivity index (χ0v) is 17.5. The fraction of sp³-hybridized carbons (Fsp3) is 0.789. The number of hydrogen-bond acceptors (Lipinski definition) is 5. The van der Waals surface area contributed by atoms with Crippen LogP contribution in [-0.4, -0.2) is 53.2 Å². The third-order valence-electron chi connectivity index (χ3n) is 5.27. The quantitative estimate of drug-likeness (QED) is 0.817. The van der Waals surface area contributed by atoms with Crippen molar-refractivity contribution in [2.24, 2.45) is 5.41 Å². The first-order valence-electron chi connectivity index (χ1n) is 9.50. The summed E-state index contributed by atoms with van der Waals surface area (Å²) < 4.78 is 35.8. The molecule has 1 atom stereocenters. The van der Waals surface area contributed by atoms with Crippen LogP contribution in [0.5, 0.6) is 0 Å². The number of alkyl halides is 2. The summed E-state index contributed by atoms with van der Waals surface area (Å²) in [4.78, 5) is 19.0. The number of amides is 1. The first-order valence-corrected chi connectivity index (χ1v) is 10.4. The molecule has 2 fully saturated rings. The average molecular weight is 402 g/mol. The summed E-state index contributed by atoms with van der Waals surface area (Å²) in [5, 5.41) is 5.69. The molecule has 8 heteroatoms. The maximum atomic E-state index is 15.2. The fourth-order valence-corrected chi connectivity index (χ4v) is 4.87. The van der Waals surface area contributed by atoms with Gasteiger partial charge in [0.2, 0.25) is 0 Å². The van der Waals surface area contributed by atoms with Gasteiger partial charge in [-0.3, -0.25) is 4.79 Å². The van der Waals surface area contributed by atoms with Crippen molar-refractivity contribution in [1.82, 2.24) is 15.2 Å². The van der Waals surface area contributed by atoms with Gasteiger partial charge in [0, 0.05) is 11.3 Å². The Kier molecular flexibility index (Phi) is 5.38. The summed E-state index contributed by atoms with van der Waals surface area (Å²) in [6.45, 7) is 10.5. The van der Waals surface area contributed by atoms with E-state index in [0.29, 0.717) is 25.9 Å². The van der Waals surface area contributed by atoms with Crippen LogP contribution in [0.1, 0.15) is 68.9 Å². The number of carbonyl (C=O) groups excluding carboxylic acids is 1. The van der Waals surface area contributed by atoms with Crippen LogP contribution in [0.4, 0.5) is 8.78 Å². The van der Waals surface area contributed by atoms with Crippen molar-refractivity contribution in [3.05, 3.63) is 16.1 Å². The molecule has 3 heterocycles. The molecule has 3 rings (SSSR count). The number of ether oxygens (including phenoxy) is 1. The highest BCUT2D eigenvalue weighted by atomic mass is 32.1. The molecule has 0 bridgehead atoms. The molecule has 0 aromatic carbocycles. The van der Waals surface area contributed by atoms with E-state index < -0.39 is 29.1 Å². The first kappa shape index (κ1) is 20.6. The third kappa shape index (κ3) is 4.03. The van der Waals surface area contributed by atoms with Gasteiger partial charge < -0.3 is 15.0 Å². The van der Waals surface area contributed by atoms with E-state index in [4.69, 9.17) is 4.74 Å². The predicted octanol–water partition coefficient (Wildman–Crippen LogP) is 3.87. The van der Waals surface area contributed by atoms with Gasteiger partial charge in [-0.25, -0.2) is 4.98 Å². The summed E-state index contributed by atoms with van der Waals surface area (Å²) in [5.74, 6) is -0.240. The second-order valence-electron chi connectivity index (χ2n) is 9.02. The van der Waals surface area contributed by atoms with Crippen molar-refractivity contribution in [1.29, 1.82) is 0 Å². The van der Waals surface area contributed by atoms with Crippen LogP contribution in [-0.2, 0) is 4.74 Å². The molecule has 1 amide bonds. The number of hydrogen-bond donors (Lipinski definition) is 1. The molecule has 0 saturated carbocycles. The van der Waals surface area contributed by atoms with Gasteiger partial charge in [0.25, 0.3) is 5.91 Å². The second kappa shape index (κ2) is 7.04. The Morgan fingerprint density at radius 2 is 2.00 bits per heavy atom. The third-order valence-corrected chi connectivity index (χ3v) is 6.42. The van der Waals surface area contributed by atoms with Crippen LogP contribution < -0.4 is 5.32 Å². The number of halogens is 2. The highest BCUT2D eigenvalue weighted by Gasteiger charge is 2.61. The lowest BCUT2D eigenvalue weighted by Crippen LogP contribution is -2.70. The number of morpholine rings is 1. The van der Waals surface area contributed by atoms with Crippen molar-refractivity contribution in [2.75, 3.05) is 19.6 Å². The van der Waals surface area contributed by atoms with Crippen molar-refractivity contribution < 1.29 is 18.3 Å². The van der Waals surface area contributed by atoms with E-state index in [1.807, 2.05) is 13.8 Å². The lowest BCUT2D eigenvalue weighted by molar-refractivity contribution is -0.364. The molecule has 5 nitrogen and oxygen atoms in total. The van der Waals surface area contributed by atoms with Crippen LogP contribution in [0, 0.1) is 5.41 Å². The number of thiazole rings is 1. The van der Waals surface area contributed by atoms with Gasteiger partial charge in [-0.15, -0.1) is 11.3 Å². The highest BCUT2D eigenvalue weighted by molar-refractivity contribution is 7.09. The first-order chi connectivity index (χ1) is 12.5. The lowest BCUT2D eigenvalue weighted by atomic mass is 9.80. The smallest absolute Gasteiger partial charge is 0.322 e. The molecule has 0 aliphatic carbocycles. The number of piperidine rings is 1. The Morgan fingerprint density at radius 1 is 1.37 bits per heavy atom. The minimum atomic E-state index is -3.42. The molecule has 0 radical (unpaired) electrons. The van der Waals surface area contributed by atoms with E-state index in [9.17, 15) is 4.79 Å². The molecule has 1 spiro atoms. The Bertz CT molecular complexity index is 693. The molecular formula is C19H29F2N3O2S. The van der Waals surface area contributed by atoms with E-state index in [-0.39, 0.29) is 18.2 Å². The largest absolute Gasteiger partial charge is 0.377 e. The van der Waals surface area contributed by atoms with Crippen molar-refractivity contribution in [3.63, 3.8) is 0 Å². The molecule has 1 aromatic heterocycles. The summed E-state index contributed by atoms with van der Waals surface area (Å²) in [6.07, 6.45) is -2.50. The normalized spacial score (nSPS) is 25.2. The monoisotopic (exact) mass is 401 g/mol. The number of nitrogens with zero attached hydrogens (tertiary/aromatic N) is 2. The molecule has 1 unspecified atom stereocenters. The number of carbonyl (C=O) groups is 1. The Labute approximate surface area is 163 Å². The lowest BCUT2D eigenvalue weighted by Gasteiger charge is -2.54. The van der Waals surface area contributed by atoms with Crippen molar-refractivity contribution >= 4 is 17.2 Å². The summed E-state index contributed by atoms with van der Waals surface area (Å²) in [7, 11) is 0. The van der Waals surface area contributed by atoms with Crippen LogP contribution >= 0.6 is 11.3 Å². The number of nitrogens with one attached hydrogen (secondary N) is 1. The van der Waals surface area contributed by atoms with E-state index in [0.717, 1.165) is 5.01 Å². The van der Waals surface area contributed by atoms with Gasteiger partial charge in [-0.2, -0.15) is 8.78 Å². The maximum Gasteiger partial charge on any atom is 0.377 e. The number of rotatable bonds is 2. The topological polar surface area (TPSA) is 54.5 Å². The second-order valence-corrected chi connectivity index (χ2v) is 9.91. The van der Waals surface area contributed by atoms with E-state index in [1.165, 1.54) is 16.2 Å². The van der Waals surface area contributed by atoms with Gasteiger partial charge in [-0.05, 0) is 31.3 Å². The van der Waals surface area contributed by atoms with Gasteiger partial charge in [-0.1, -0.05) is 34.6 Å². The number of aromatic nitrogens is 1. The van der Waals surface area contributed by atoms with Crippen molar-refractivity contribution in [2.45, 2.75) is 71.1 Å². The molecule has 1 N–H and O–H groups in total. The molecule has 2 aliphatic heterocycles. The van der Waals surface area contributed by atoms with Gasteiger partial charge in [0.05, 0.1) is 17.2 Å². The zero-order valence-electron chi connectivity index (χ0n) is 16.6. The molecule has 152 valence electrons. The Morgan fingerprint density at radius 3 is 2.52 bits per heavy atom. The average Bonchev–Trinajstić information content (AvgIpc) is 3.02. The van der Waals surface area contributed by atoms with E-state index in [1.54, 1.807) is 26.2 Å². The van der Waals surface area contributed by atoms with Gasteiger partial charge in [0.1, 0.15) is 11.7 Å². The SMILES string of the molecule is CC(C)c1nc(C(=O)N2CC3(CCNCC3)OC(F)(F)C2C(C)(C)C)cs1. The highest BCUT2D eigenvalue weighted by Crippen LogP contribution is 2.46. The molecule has 2 saturated heterocycles. The molecule has 2 aliphatic rings. The van der Waals surface area contributed by atoms with Gasteiger partial charge >= 0.3 is 6.11 Å². The Hall–Kier alpha value is -1.12. The predicted molar refractivity (Wildman–Crippen MR) is 101 cm³/mol. The summed E-state index contributed by atoms with van der Waals surface area (Å²) in [5.41, 5.74) is -1.60. The maximum absolute atomic E-state index is 15.2. The fourth-order valence-electron chi connectivity index (χ4n) is 4.06. The molecule has 1 aromatic rings. The summed E-state index contributed by atoms with van der Waals surface area (Å²) >= 11 is 1.40.